The normalized spacial score (nSPS) is 10.7. The van der Waals surface area contributed by atoms with Crippen LogP contribution in [0.15, 0.2) is 76.4 Å². The molecule has 0 radical (unpaired) electrons. The standard InChI is InChI=1S/C23H17FN2O2S/c24-19-12-10-17(11-13-19)16-27-14-3-4-15-29-23-26-25-22(28-23)21-9-5-7-18-6-1-2-8-20(18)21/h1-2,5-13H,14-16H2. The summed E-state index contributed by atoms with van der Waals surface area (Å²) >= 11 is 1.39. The van der Waals surface area contributed by atoms with Crippen molar-refractivity contribution in [1.82, 2.24) is 10.2 Å². The summed E-state index contributed by atoms with van der Waals surface area (Å²) in [5.74, 6) is 6.72. The Balaban J connectivity index is 1.28. The summed E-state index contributed by atoms with van der Waals surface area (Å²) in [7, 11) is 0. The molecule has 1 aromatic heterocycles. The van der Waals surface area contributed by atoms with E-state index in [9.17, 15) is 4.39 Å². The summed E-state index contributed by atoms with van der Waals surface area (Å²) in [5.41, 5.74) is 1.83. The van der Waals surface area contributed by atoms with Crippen molar-refractivity contribution >= 4 is 22.5 Å². The lowest BCUT2D eigenvalue weighted by molar-refractivity contribution is 0.153. The number of hydrogen-bond donors (Lipinski definition) is 0. The minimum absolute atomic E-state index is 0.254. The predicted octanol–water partition coefficient (Wildman–Crippen LogP) is 5.34. The SMILES string of the molecule is Fc1ccc(COCC#CCSc2nnc(-c3cccc4ccccc34)o2)cc1. The van der Waals surface area contributed by atoms with E-state index in [1.807, 2.05) is 30.3 Å². The fourth-order valence-electron chi connectivity index (χ4n) is 2.79. The highest BCUT2D eigenvalue weighted by molar-refractivity contribution is 7.99. The highest BCUT2D eigenvalue weighted by Gasteiger charge is 2.11. The van der Waals surface area contributed by atoms with E-state index in [0.29, 0.717) is 30.1 Å². The summed E-state index contributed by atoms with van der Waals surface area (Å²) in [6.45, 7) is 0.711. The second-order valence-electron chi connectivity index (χ2n) is 6.16. The van der Waals surface area contributed by atoms with Gasteiger partial charge in [-0.3, -0.25) is 0 Å². The molecule has 0 saturated heterocycles. The van der Waals surface area contributed by atoms with Gasteiger partial charge in [0.15, 0.2) is 0 Å². The van der Waals surface area contributed by atoms with Gasteiger partial charge in [0, 0.05) is 5.56 Å². The van der Waals surface area contributed by atoms with Crippen molar-refractivity contribution in [2.75, 3.05) is 12.4 Å². The first-order chi connectivity index (χ1) is 14.3. The van der Waals surface area contributed by atoms with Gasteiger partial charge in [-0.25, -0.2) is 4.39 Å². The molecule has 6 heteroatoms. The molecule has 0 bridgehead atoms. The first kappa shape index (κ1) is 19.2. The highest BCUT2D eigenvalue weighted by Crippen LogP contribution is 2.29. The van der Waals surface area contributed by atoms with Gasteiger partial charge in [-0.05, 0) is 34.5 Å². The quantitative estimate of drug-likeness (QED) is 0.247. The fraction of sp³-hybridized carbons (Fsp3) is 0.130. The Morgan fingerprint density at radius 1 is 0.931 bits per heavy atom. The summed E-state index contributed by atoms with van der Waals surface area (Å²) < 4.78 is 24.1. The maximum Gasteiger partial charge on any atom is 0.277 e. The van der Waals surface area contributed by atoms with Crippen LogP contribution in [0.25, 0.3) is 22.2 Å². The number of benzene rings is 3. The smallest absolute Gasteiger partial charge is 0.277 e. The molecule has 144 valence electrons. The summed E-state index contributed by atoms with van der Waals surface area (Å²) in [6.07, 6.45) is 0. The monoisotopic (exact) mass is 404 g/mol. The Labute approximate surface area is 172 Å². The maximum absolute atomic E-state index is 12.8. The first-order valence-corrected chi connectivity index (χ1v) is 10.0. The van der Waals surface area contributed by atoms with E-state index >= 15 is 0 Å². The Kier molecular flexibility index (Phi) is 6.20. The molecule has 4 nitrogen and oxygen atoms in total. The van der Waals surface area contributed by atoms with Gasteiger partial charge in [-0.2, -0.15) is 0 Å². The lowest BCUT2D eigenvalue weighted by Gasteiger charge is -2.01. The van der Waals surface area contributed by atoms with Crippen molar-refractivity contribution in [1.29, 1.82) is 0 Å². The highest BCUT2D eigenvalue weighted by atomic mass is 32.2. The Hall–Kier alpha value is -3.14. The second-order valence-corrected chi connectivity index (χ2v) is 7.09. The Morgan fingerprint density at radius 2 is 1.76 bits per heavy atom. The fourth-order valence-corrected chi connectivity index (χ4v) is 3.32. The number of thioether (sulfide) groups is 1. The molecule has 0 fully saturated rings. The van der Waals surface area contributed by atoms with E-state index in [1.165, 1.54) is 23.9 Å². The third-order valence-corrected chi connectivity index (χ3v) is 4.88. The van der Waals surface area contributed by atoms with Gasteiger partial charge in [-0.1, -0.05) is 72.1 Å². The van der Waals surface area contributed by atoms with E-state index in [-0.39, 0.29) is 5.82 Å². The lowest BCUT2D eigenvalue weighted by atomic mass is 10.0. The van der Waals surface area contributed by atoms with Crippen LogP contribution in [0.3, 0.4) is 0 Å². The molecule has 0 spiro atoms. The number of fused-ring (bicyclic) bond motifs is 1. The number of nitrogens with zero attached hydrogens (tertiary/aromatic N) is 2. The van der Waals surface area contributed by atoms with E-state index in [0.717, 1.165) is 21.9 Å². The first-order valence-electron chi connectivity index (χ1n) is 9.02. The average molecular weight is 404 g/mol. The minimum atomic E-state index is -0.254. The molecule has 0 N–H and O–H groups in total. The van der Waals surface area contributed by atoms with E-state index < -0.39 is 0 Å². The van der Waals surface area contributed by atoms with E-state index in [2.05, 4.69) is 34.2 Å². The number of rotatable bonds is 6. The molecule has 0 aliphatic rings. The minimum Gasteiger partial charge on any atom is -0.411 e. The van der Waals surface area contributed by atoms with Crippen molar-refractivity contribution in [3.8, 4) is 23.3 Å². The summed E-state index contributed by atoms with van der Waals surface area (Å²) in [4.78, 5) is 0. The number of aromatic nitrogens is 2. The van der Waals surface area contributed by atoms with Crippen LogP contribution in [-0.4, -0.2) is 22.6 Å². The molecule has 0 amide bonds. The zero-order valence-corrected chi connectivity index (χ0v) is 16.3. The third-order valence-electron chi connectivity index (χ3n) is 4.18. The molecule has 4 aromatic rings. The molecule has 3 aromatic carbocycles. The topological polar surface area (TPSA) is 48.2 Å². The van der Waals surface area contributed by atoms with E-state index in [4.69, 9.17) is 9.15 Å². The molecule has 1 heterocycles. The van der Waals surface area contributed by atoms with Gasteiger partial charge in [0.25, 0.3) is 5.22 Å². The Bertz CT molecular complexity index is 1160. The van der Waals surface area contributed by atoms with Crippen LogP contribution in [0.5, 0.6) is 0 Å². The van der Waals surface area contributed by atoms with Crippen LogP contribution in [0.1, 0.15) is 5.56 Å². The van der Waals surface area contributed by atoms with Crippen molar-refractivity contribution in [3.63, 3.8) is 0 Å². The maximum atomic E-state index is 12.8. The van der Waals surface area contributed by atoms with Gasteiger partial charge in [0.2, 0.25) is 5.89 Å². The van der Waals surface area contributed by atoms with Crippen molar-refractivity contribution in [3.05, 3.63) is 78.1 Å². The molecule has 0 unspecified atom stereocenters. The second kappa shape index (κ2) is 9.37. The van der Waals surface area contributed by atoms with Crippen LogP contribution in [0.2, 0.25) is 0 Å². The molecule has 0 aliphatic heterocycles. The van der Waals surface area contributed by atoms with Crippen molar-refractivity contribution < 1.29 is 13.5 Å². The molecule has 0 atom stereocenters. The third kappa shape index (κ3) is 5.02. The molecule has 0 aliphatic carbocycles. The lowest BCUT2D eigenvalue weighted by Crippen LogP contribution is -1.93. The van der Waals surface area contributed by atoms with E-state index in [1.54, 1.807) is 12.1 Å². The summed E-state index contributed by atoms with van der Waals surface area (Å²) in [6, 6.07) is 20.3. The van der Waals surface area contributed by atoms with Crippen LogP contribution in [0, 0.1) is 17.7 Å². The average Bonchev–Trinajstić information content (AvgIpc) is 3.22. The zero-order chi connectivity index (χ0) is 19.9. The number of ether oxygens (including phenoxy) is 1. The Morgan fingerprint density at radius 3 is 2.66 bits per heavy atom. The van der Waals surface area contributed by atoms with Gasteiger partial charge < -0.3 is 9.15 Å². The molecule has 4 rings (SSSR count). The van der Waals surface area contributed by atoms with Crippen LogP contribution >= 0.6 is 11.8 Å². The van der Waals surface area contributed by atoms with Crippen LogP contribution in [0.4, 0.5) is 4.39 Å². The number of hydrogen-bond acceptors (Lipinski definition) is 5. The summed E-state index contributed by atoms with van der Waals surface area (Å²) in [5, 5.41) is 11.0. The zero-order valence-electron chi connectivity index (χ0n) is 15.5. The van der Waals surface area contributed by atoms with Gasteiger partial charge in [0.1, 0.15) is 12.4 Å². The van der Waals surface area contributed by atoms with Crippen LogP contribution in [-0.2, 0) is 11.3 Å². The molecule has 29 heavy (non-hydrogen) atoms. The predicted molar refractivity (Wildman–Crippen MR) is 112 cm³/mol. The number of halogens is 1. The molecule has 0 saturated carbocycles. The van der Waals surface area contributed by atoms with Crippen LogP contribution < -0.4 is 0 Å². The van der Waals surface area contributed by atoms with Crippen molar-refractivity contribution in [2.45, 2.75) is 11.8 Å². The van der Waals surface area contributed by atoms with Crippen molar-refractivity contribution in [2.24, 2.45) is 0 Å². The van der Waals surface area contributed by atoms with Gasteiger partial charge in [-0.15, -0.1) is 10.2 Å². The molecular weight excluding hydrogens is 387 g/mol. The van der Waals surface area contributed by atoms with Gasteiger partial charge in [0.05, 0.1) is 12.4 Å². The molecular formula is C23H17FN2O2S. The van der Waals surface area contributed by atoms with Gasteiger partial charge >= 0.3 is 0 Å². The largest absolute Gasteiger partial charge is 0.411 e.